The van der Waals surface area contributed by atoms with Crippen molar-refractivity contribution in [2.75, 3.05) is 13.1 Å². The average molecular weight is 173 g/mol. The van der Waals surface area contributed by atoms with E-state index in [4.69, 9.17) is 5.11 Å². The number of nitrogens with zero attached hydrogens (tertiary/aromatic N) is 1. The molecule has 1 saturated heterocycles. The first-order valence-electron chi connectivity index (χ1n) is 4.14. The van der Waals surface area contributed by atoms with E-state index in [0.717, 1.165) is 0 Å². The molecule has 0 saturated carbocycles. The Bertz CT molecular complexity index is 191. The quantitative estimate of drug-likeness (QED) is 0.568. The zero-order valence-electron chi connectivity index (χ0n) is 7.45. The topological polar surface area (TPSA) is 60.8 Å². The highest BCUT2D eigenvalue weighted by molar-refractivity contribution is 5.65. The summed E-state index contributed by atoms with van der Waals surface area (Å²) in [7, 11) is 0. The number of hydrogen-bond donors (Lipinski definition) is 2. The van der Waals surface area contributed by atoms with Gasteiger partial charge in [0.15, 0.2) is 0 Å². The molecule has 0 radical (unpaired) electrons. The van der Waals surface area contributed by atoms with Crippen LogP contribution >= 0.6 is 0 Å². The maximum atomic E-state index is 10.6. The van der Waals surface area contributed by atoms with Gasteiger partial charge in [0.25, 0.3) is 0 Å². The number of rotatable bonds is 0. The summed E-state index contributed by atoms with van der Waals surface area (Å²) in [6, 6.07) is 0. The lowest BCUT2D eigenvalue weighted by molar-refractivity contribution is -0.0448. The Labute approximate surface area is 71.8 Å². The summed E-state index contributed by atoms with van der Waals surface area (Å²) in [6.07, 6.45) is -0.363. The zero-order valence-corrected chi connectivity index (χ0v) is 7.45. The van der Waals surface area contributed by atoms with E-state index in [0.29, 0.717) is 19.5 Å². The van der Waals surface area contributed by atoms with Gasteiger partial charge in [0.05, 0.1) is 5.60 Å². The van der Waals surface area contributed by atoms with Crippen LogP contribution in [0.2, 0.25) is 0 Å². The summed E-state index contributed by atoms with van der Waals surface area (Å²) >= 11 is 0. The van der Waals surface area contributed by atoms with Gasteiger partial charge in [0.2, 0.25) is 0 Å². The molecule has 1 aliphatic rings. The molecule has 4 heteroatoms. The molecule has 1 aliphatic heterocycles. The molecule has 0 bridgehead atoms. The Morgan fingerprint density at radius 1 is 1.67 bits per heavy atom. The van der Waals surface area contributed by atoms with Crippen LogP contribution < -0.4 is 0 Å². The van der Waals surface area contributed by atoms with Gasteiger partial charge in [-0.25, -0.2) is 4.79 Å². The summed E-state index contributed by atoms with van der Waals surface area (Å²) in [5, 5.41) is 18.4. The molecule has 2 atom stereocenters. The minimum atomic E-state index is -0.891. The van der Waals surface area contributed by atoms with Gasteiger partial charge in [-0.2, -0.15) is 0 Å². The lowest BCUT2D eigenvalue weighted by Gasteiger charge is -2.39. The van der Waals surface area contributed by atoms with Crippen LogP contribution in [0, 0.1) is 5.92 Å². The number of likely N-dealkylation sites (tertiary alicyclic amines) is 1. The van der Waals surface area contributed by atoms with Crippen LogP contribution in [0.25, 0.3) is 0 Å². The molecule has 1 amide bonds. The summed E-state index contributed by atoms with van der Waals surface area (Å²) in [5.74, 6) is 0.0161. The molecular formula is C8H15NO3. The molecule has 0 aromatic carbocycles. The van der Waals surface area contributed by atoms with Crippen molar-refractivity contribution in [1.29, 1.82) is 0 Å². The summed E-state index contributed by atoms with van der Waals surface area (Å²) in [6.45, 7) is 4.50. The van der Waals surface area contributed by atoms with E-state index in [1.165, 1.54) is 4.90 Å². The minimum absolute atomic E-state index is 0.0161. The molecular weight excluding hydrogens is 158 g/mol. The highest BCUT2D eigenvalue weighted by Crippen LogP contribution is 2.26. The predicted octanol–water partition coefficient (Wildman–Crippen LogP) is 0.757. The Balaban J connectivity index is 2.58. The minimum Gasteiger partial charge on any atom is -0.465 e. The summed E-state index contributed by atoms with van der Waals surface area (Å²) < 4.78 is 0. The standard InChI is InChI=1S/C8H15NO3/c1-6-5-9(7(10)11)4-3-8(6,2)12/h6,12H,3-5H2,1-2H3,(H,10,11). The molecule has 2 N–H and O–H groups in total. The van der Waals surface area contributed by atoms with Gasteiger partial charge in [0, 0.05) is 19.0 Å². The third-order valence-electron chi connectivity index (χ3n) is 2.71. The molecule has 1 rings (SSSR count). The number of aliphatic hydroxyl groups is 1. The van der Waals surface area contributed by atoms with Crippen LogP contribution in [0.3, 0.4) is 0 Å². The number of hydrogen-bond acceptors (Lipinski definition) is 2. The van der Waals surface area contributed by atoms with Crippen molar-refractivity contribution in [2.24, 2.45) is 5.92 Å². The van der Waals surface area contributed by atoms with E-state index in [2.05, 4.69) is 0 Å². The lowest BCUT2D eigenvalue weighted by atomic mass is 9.84. The van der Waals surface area contributed by atoms with E-state index < -0.39 is 11.7 Å². The third kappa shape index (κ3) is 1.69. The maximum absolute atomic E-state index is 10.6. The van der Waals surface area contributed by atoms with Gasteiger partial charge in [-0.1, -0.05) is 6.92 Å². The molecule has 0 spiro atoms. The van der Waals surface area contributed by atoms with Crippen LogP contribution in [-0.4, -0.2) is 39.9 Å². The van der Waals surface area contributed by atoms with Crippen LogP contribution in [0.15, 0.2) is 0 Å². The van der Waals surface area contributed by atoms with Crippen molar-refractivity contribution in [3.63, 3.8) is 0 Å². The second-order valence-electron chi connectivity index (χ2n) is 3.74. The van der Waals surface area contributed by atoms with Crippen molar-refractivity contribution in [2.45, 2.75) is 25.9 Å². The molecule has 2 unspecified atom stereocenters. The normalized spacial score (nSPS) is 36.6. The van der Waals surface area contributed by atoms with Crippen LogP contribution in [-0.2, 0) is 0 Å². The van der Waals surface area contributed by atoms with Crippen LogP contribution in [0.1, 0.15) is 20.3 Å². The van der Waals surface area contributed by atoms with Gasteiger partial charge >= 0.3 is 6.09 Å². The zero-order chi connectivity index (χ0) is 9.35. The summed E-state index contributed by atoms with van der Waals surface area (Å²) in [4.78, 5) is 11.9. The van der Waals surface area contributed by atoms with Crippen LogP contribution in [0.4, 0.5) is 4.79 Å². The Morgan fingerprint density at radius 2 is 2.25 bits per heavy atom. The largest absolute Gasteiger partial charge is 0.465 e. The Kier molecular flexibility index (Phi) is 2.28. The van der Waals surface area contributed by atoms with Gasteiger partial charge in [-0.05, 0) is 13.3 Å². The predicted molar refractivity (Wildman–Crippen MR) is 44.0 cm³/mol. The van der Waals surface area contributed by atoms with Gasteiger partial charge in [-0.15, -0.1) is 0 Å². The van der Waals surface area contributed by atoms with Crippen molar-refractivity contribution in [1.82, 2.24) is 4.90 Å². The lowest BCUT2D eigenvalue weighted by Crippen LogP contribution is -2.50. The molecule has 0 aromatic rings. The van der Waals surface area contributed by atoms with Crippen molar-refractivity contribution < 1.29 is 15.0 Å². The fourth-order valence-corrected chi connectivity index (χ4v) is 1.40. The molecule has 70 valence electrons. The van der Waals surface area contributed by atoms with Crippen molar-refractivity contribution >= 4 is 6.09 Å². The molecule has 0 aliphatic carbocycles. The number of amides is 1. The average Bonchev–Trinajstić information content (AvgIpc) is 1.94. The fourth-order valence-electron chi connectivity index (χ4n) is 1.40. The monoisotopic (exact) mass is 173 g/mol. The maximum Gasteiger partial charge on any atom is 0.407 e. The first-order valence-corrected chi connectivity index (χ1v) is 4.14. The van der Waals surface area contributed by atoms with E-state index in [1.54, 1.807) is 6.92 Å². The SMILES string of the molecule is CC1CN(C(=O)O)CCC1(C)O. The molecule has 4 nitrogen and oxygen atoms in total. The van der Waals surface area contributed by atoms with E-state index in [-0.39, 0.29) is 5.92 Å². The fraction of sp³-hybridized carbons (Fsp3) is 0.875. The number of carbonyl (C=O) groups is 1. The Morgan fingerprint density at radius 3 is 2.67 bits per heavy atom. The van der Waals surface area contributed by atoms with E-state index >= 15 is 0 Å². The highest BCUT2D eigenvalue weighted by atomic mass is 16.4. The van der Waals surface area contributed by atoms with Gasteiger partial charge < -0.3 is 15.1 Å². The molecule has 1 fully saturated rings. The van der Waals surface area contributed by atoms with Crippen LogP contribution in [0.5, 0.6) is 0 Å². The molecule has 0 aromatic heterocycles. The number of carboxylic acid groups (broad SMARTS) is 1. The number of piperidine rings is 1. The summed E-state index contributed by atoms with van der Waals surface area (Å²) in [5.41, 5.74) is -0.702. The second-order valence-corrected chi connectivity index (χ2v) is 3.74. The first kappa shape index (κ1) is 9.32. The third-order valence-corrected chi connectivity index (χ3v) is 2.71. The van der Waals surface area contributed by atoms with Gasteiger partial charge in [-0.3, -0.25) is 0 Å². The van der Waals surface area contributed by atoms with Gasteiger partial charge in [0.1, 0.15) is 0 Å². The van der Waals surface area contributed by atoms with E-state index in [9.17, 15) is 9.90 Å². The molecule has 1 heterocycles. The van der Waals surface area contributed by atoms with E-state index in [1.807, 2.05) is 6.92 Å². The van der Waals surface area contributed by atoms with Crippen molar-refractivity contribution in [3.05, 3.63) is 0 Å². The molecule has 12 heavy (non-hydrogen) atoms. The highest BCUT2D eigenvalue weighted by Gasteiger charge is 2.35. The smallest absolute Gasteiger partial charge is 0.407 e. The first-order chi connectivity index (χ1) is 5.43. The Hall–Kier alpha value is -0.770. The second kappa shape index (κ2) is 2.94. The van der Waals surface area contributed by atoms with Crippen molar-refractivity contribution in [3.8, 4) is 0 Å².